The number of methoxy groups -OCH3 is 1. The lowest BCUT2D eigenvalue weighted by atomic mass is 10.1. The maximum atomic E-state index is 6.29. The summed E-state index contributed by atoms with van der Waals surface area (Å²) in [6.07, 6.45) is 1.10. The summed E-state index contributed by atoms with van der Waals surface area (Å²) in [6.45, 7) is 4.56. The molecule has 1 fully saturated rings. The van der Waals surface area contributed by atoms with E-state index < -0.39 is 0 Å². The van der Waals surface area contributed by atoms with Gasteiger partial charge >= 0.3 is 0 Å². The summed E-state index contributed by atoms with van der Waals surface area (Å²) in [4.78, 5) is 4.67. The van der Waals surface area contributed by atoms with Crippen molar-refractivity contribution >= 4 is 22.6 Å². The van der Waals surface area contributed by atoms with E-state index >= 15 is 0 Å². The van der Waals surface area contributed by atoms with Crippen molar-refractivity contribution in [2.45, 2.75) is 25.3 Å². The summed E-state index contributed by atoms with van der Waals surface area (Å²) in [5.41, 5.74) is 2.05. The van der Waals surface area contributed by atoms with Gasteiger partial charge in [0.25, 0.3) is 0 Å². The maximum absolute atomic E-state index is 6.29. The molecule has 2 atom stereocenters. The van der Waals surface area contributed by atoms with Gasteiger partial charge in [-0.25, -0.2) is 4.98 Å². The van der Waals surface area contributed by atoms with E-state index in [0.29, 0.717) is 5.92 Å². The Morgan fingerprint density at radius 2 is 2.40 bits per heavy atom. The van der Waals surface area contributed by atoms with E-state index in [1.807, 2.05) is 19.1 Å². The van der Waals surface area contributed by atoms with E-state index in [4.69, 9.17) is 21.1 Å². The van der Waals surface area contributed by atoms with Gasteiger partial charge in [-0.3, -0.25) is 0 Å². The molecule has 0 N–H and O–H groups in total. The molecule has 0 aliphatic carbocycles. The van der Waals surface area contributed by atoms with Gasteiger partial charge in [-0.15, -0.1) is 11.6 Å². The number of hydrogen-bond acceptors (Lipinski definition) is 3. The summed E-state index contributed by atoms with van der Waals surface area (Å²) < 4.78 is 13.0. The van der Waals surface area contributed by atoms with E-state index in [1.165, 1.54) is 0 Å². The molecular weight excluding hydrogens is 276 g/mol. The number of fused-ring (bicyclic) bond motifs is 1. The van der Waals surface area contributed by atoms with Crippen LogP contribution in [0.1, 0.15) is 24.5 Å². The second-order valence-electron chi connectivity index (χ2n) is 5.28. The molecule has 0 radical (unpaired) electrons. The third kappa shape index (κ3) is 2.50. The summed E-state index contributed by atoms with van der Waals surface area (Å²) in [5, 5.41) is -0.115. The third-order valence-electron chi connectivity index (χ3n) is 3.81. The first-order chi connectivity index (χ1) is 9.69. The number of hydrogen-bond donors (Lipinski definition) is 0. The highest BCUT2D eigenvalue weighted by molar-refractivity contribution is 6.20. The summed E-state index contributed by atoms with van der Waals surface area (Å²) in [6, 6.07) is 5.98. The van der Waals surface area contributed by atoms with Crippen LogP contribution in [-0.4, -0.2) is 29.9 Å². The van der Waals surface area contributed by atoms with Gasteiger partial charge in [0.05, 0.1) is 30.1 Å². The summed E-state index contributed by atoms with van der Waals surface area (Å²) in [5.74, 6) is 2.28. The molecule has 1 aromatic heterocycles. The second kappa shape index (κ2) is 5.62. The Morgan fingerprint density at radius 3 is 3.05 bits per heavy atom. The van der Waals surface area contributed by atoms with Crippen molar-refractivity contribution in [1.29, 1.82) is 0 Å². The Labute approximate surface area is 123 Å². The van der Waals surface area contributed by atoms with Gasteiger partial charge < -0.3 is 14.0 Å². The molecule has 1 aliphatic rings. The van der Waals surface area contributed by atoms with Gasteiger partial charge in [0.2, 0.25) is 0 Å². The number of benzene rings is 1. The molecule has 1 aliphatic heterocycles. The summed E-state index contributed by atoms with van der Waals surface area (Å²) in [7, 11) is 1.67. The zero-order valence-corrected chi connectivity index (χ0v) is 12.6. The van der Waals surface area contributed by atoms with Crippen LogP contribution in [0.25, 0.3) is 11.0 Å². The van der Waals surface area contributed by atoms with Crippen LogP contribution >= 0.6 is 11.6 Å². The van der Waals surface area contributed by atoms with Crippen LogP contribution in [-0.2, 0) is 11.3 Å². The zero-order valence-electron chi connectivity index (χ0n) is 11.8. The van der Waals surface area contributed by atoms with Crippen molar-refractivity contribution in [3.63, 3.8) is 0 Å². The number of rotatable bonds is 4. The van der Waals surface area contributed by atoms with Crippen molar-refractivity contribution in [3.8, 4) is 5.75 Å². The Bertz CT molecular complexity index is 603. The maximum Gasteiger partial charge on any atom is 0.127 e. The third-order valence-corrected chi connectivity index (χ3v) is 4.00. The average Bonchev–Trinajstić information content (AvgIpc) is 3.06. The van der Waals surface area contributed by atoms with Gasteiger partial charge in [-0.2, -0.15) is 0 Å². The molecule has 0 bridgehead atoms. The smallest absolute Gasteiger partial charge is 0.127 e. The fourth-order valence-corrected chi connectivity index (χ4v) is 2.90. The first-order valence-electron chi connectivity index (χ1n) is 6.95. The number of ether oxygens (including phenoxy) is 2. The first kappa shape index (κ1) is 13.7. The van der Waals surface area contributed by atoms with Gasteiger partial charge in [0.1, 0.15) is 11.6 Å². The van der Waals surface area contributed by atoms with Crippen LogP contribution in [0.2, 0.25) is 0 Å². The van der Waals surface area contributed by atoms with Crippen LogP contribution in [0.3, 0.4) is 0 Å². The van der Waals surface area contributed by atoms with E-state index in [1.54, 1.807) is 7.11 Å². The van der Waals surface area contributed by atoms with E-state index in [0.717, 1.165) is 48.8 Å². The van der Waals surface area contributed by atoms with Crippen molar-refractivity contribution < 1.29 is 9.47 Å². The monoisotopic (exact) mass is 294 g/mol. The van der Waals surface area contributed by atoms with Crippen molar-refractivity contribution in [2.75, 3.05) is 20.3 Å². The zero-order chi connectivity index (χ0) is 14.1. The molecule has 2 aromatic rings. The molecule has 0 spiro atoms. The highest BCUT2D eigenvalue weighted by atomic mass is 35.5. The minimum atomic E-state index is -0.115. The topological polar surface area (TPSA) is 36.3 Å². The molecule has 5 heteroatoms. The van der Waals surface area contributed by atoms with Crippen LogP contribution in [0.15, 0.2) is 18.2 Å². The molecule has 20 heavy (non-hydrogen) atoms. The van der Waals surface area contributed by atoms with Gasteiger partial charge in [0, 0.05) is 25.1 Å². The van der Waals surface area contributed by atoms with E-state index in [-0.39, 0.29) is 5.38 Å². The Balaban J connectivity index is 2.03. The number of aromatic nitrogens is 2. The first-order valence-corrected chi connectivity index (χ1v) is 7.38. The number of halogens is 1. The lowest BCUT2D eigenvalue weighted by Gasteiger charge is -2.14. The number of imidazole rings is 1. The van der Waals surface area contributed by atoms with E-state index in [9.17, 15) is 0 Å². The largest absolute Gasteiger partial charge is 0.497 e. The predicted octanol–water partition coefficient (Wildman–Crippen LogP) is 3.38. The van der Waals surface area contributed by atoms with Crippen molar-refractivity contribution in [1.82, 2.24) is 9.55 Å². The van der Waals surface area contributed by atoms with Crippen molar-refractivity contribution in [3.05, 3.63) is 24.0 Å². The lowest BCUT2D eigenvalue weighted by molar-refractivity contribution is 0.182. The number of alkyl halides is 1. The summed E-state index contributed by atoms with van der Waals surface area (Å²) >= 11 is 6.29. The molecule has 4 nitrogen and oxygen atoms in total. The second-order valence-corrected chi connectivity index (χ2v) is 5.94. The van der Waals surface area contributed by atoms with Crippen LogP contribution in [0, 0.1) is 5.92 Å². The molecule has 3 rings (SSSR count). The Morgan fingerprint density at radius 1 is 1.55 bits per heavy atom. The molecule has 0 saturated carbocycles. The highest BCUT2D eigenvalue weighted by Gasteiger charge is 2.21. The van der Waals surface area contributed by atoms with Crippen LogP contribution in [0.4, 0.5) is 0 Å². The van der Waals surface area contributed by atoms with Gasteiger partial charge in [-0.05, 0) is 25.5 Å². The van der Waals surface area contributed by atoms with E-state index in [2.05, 4.69) is 15.6 Å². The molecular formula is C15H19ClN2O2. The Hall–Kier alpha value is -1.26. The minimum Gasteiger partial charge on any atom is -0.497 e. The Kier molecular flexibility index (Phi) is 3.85. The molecule has 1 aromatic carbocycles. The fourth-order valence-electron chi connectivity index (χ4n) is 2.74. The number of nitrogens with zero attached hydrogens (tertiary/aromatic N) is 2. The van der Waals surface area contributed by atoms with Crippen molar-refractivity contribution in [2.24, 2.45) is 5.92 Å². The molecule has 108 valence electrons. The van der Waals surface area contributed by atoms with Crippen LogP contribution < -0.4 is 4.74 Å². The molecule has 2 heterocycles. The van der Waals surface area contributed by atoms with Gasteiger partial charge in [-0.1, -0.05) is 0 Å². The molecule has 1 saturated heterocycles. The SMILES string of the molecule is COc1ccc2c(c1)nc(C(C)Cl)n2CC1CCOC1. The highest BCUT2D eigenvalue weighted by Crippen LogP contribution is 2.29. The average molecular weight is 295 g/mol. The minimum absolute atomic E-state index is 0.115. The normalized spacial score (nSPS) is 20.4. The quantitative estimate of drug-likeness (QED) is 0.811. The fraction of sp³-hybridized carbons (Fsp3) is 0.533. The molecule has 2 unspecified atom stereocenters. The van der Waals surface area contributed by atoms with Gasteiger partial charge in [0.15, 0.2) is 0 Å². The predicted molar refractivity (Wildman–Crippen MR) is 79.5 cm³/mol. The van der Waals surface area contributed by atoms with Crippen LogP contribution in [0.5, 0.6) is 5.75 Å². The lowest BCUT2D eigenvalue weighted by Crippen LogP contribution is -2.13. The molecule has 0 amide bonds. The standard InChI is InChI=1S/C15H19ClN2O2/c1-10(16)15-17-13-7-12(19-2)3-4-14(13)18(15)8-11-5-6-20-9-11/h3-4,7,10-11H,5-6,8-9H2,1-2H3.